The van der Waals surface area contributed by atoms with Gasteiger partial charge in [0, 0.05) is 6.07 Å². The number of aryl methyl sites for hydroxylation is 1. The highest BCUT2D eigenvalue weighted by Crippen LogP contribution is 2.26. The molecule has 1 atom stereocenters. The number of nitrogens with zero attached hydrogens (tertiary/aromatic N) is 3. The van der Waals surface area contributed by atoms with Gasteiger partial charge in [-0.3, -0.25) is 0 Å². The summed E-state index contributed by atoms with van der Waals surface area (Å²) in [5.41, 5.74) is 1.68. The van der Waals surface area contributed by atoms with Crippen molar-refractivity contribution >= 4 is 11.7 Å². The van der Waals surface area contributed by atoms with Crippen molar-refractivity contribution in [3.63, 3.8) is 0 Å². The summed E-state index contributed by atoms with van der Waals surface area (Å²) in [4.78, 5) is 0. The Hall–Kier alpha value is -0.760. The van der Waals surface area contributed by atoms with Gasteiger partial charge < -0.3 is 28.7 Å². The molecule has 2 heterocycles. The van der Waals surface area contributed by atoms with Crippen LogP contribution in [0.5, 0.6) is 5.88 Å². The first-order chi connectivity index (χ1) is 9.70. The van der Waals surface area contributed by atoms with E-state index in [1.165, 1.54) is 0 Å². The fraction of sp³-hybridized carbons (Fsp3) is 0.500. The standard InChI is InChI=1S/C14H20N3OS.HI/c1-3-4-5-6-10-18-14-13(15-19-16-14)12-8-7-9-17(2)11-12;/h7-9,11H,3-6,10H2,1-2H3;1H/q+1;/p-1/i10D;. The van der Waals surface area contributed by atoms with E-state index in [2.05, 4.69) is 15.7 Å². The van der Waals surface area contributed by atoms with E-state index in [1.807, 2.05) is 36.1 Å². The molecule has 0 spiro atoms. The molecule has 0 radical (unpaired) electrons. The Morgan fingerprint density at radius 3 is 2.95 bits per heavy atom. The Kier molecular flexibility index (Phi) is 7.21. The molecule has 0 aliphatic carbocycles. The molecule has 0 saturated carbocycles. The number of hydrogen-bond donors (Lipinski definition) is 0. The van der Waals surface area contributed by atoms with Crippen LogP contribution in [0.4, 0.5) is 0 Å². The van der Waals surface area contributed by atoms with E-state index in [-0.39, 0.29) is 24.0 Å². The van der Waals surface area contributed by atoms with Crippen LogP contribution in [0, 0.1) is 0 Å². The van der Waals surface area contributed by atoms with Crippen molar-refractivity contribution in [2.75, 3.05) is 6.58 Å². The lowest BCUT2D eigenvalue weighted by atomic mass is 10.2. The van der Waals surface area contributed by atoms with Crippen LogP contribution in [-0.4, -0.2) is 15.3 Å². The predicted molar refractivity (Wildman–Crippen MR) is 76.2 cm³/mol. The molecule has 6 heteroatoms. The van der Waals surface area contributed by atoms with Crippen molar-refractivity contribution in [2.24, 2.45) is 7.05 Å². The van der Waals surface area contributed by atoms with Gasteiger partial charge in [0.05, 0.1) is 25.2 Å². The number of aromatic nitrogens is 3. The average molecular weight is 406 g/mol. The third-order valence-corrected chi connectivity index (χ3v) is 3.30. The average Bonchev–Trinajstić information content (AvgIpc) is 2.87. The molecular weight excluding hydrogens is 385 g/mol. The van der Waals surface area contributed by atoms with E-state index in [4.69, 9.17) is 6.11 Å². The van der Waals surface area contributed by atoms with Gasteiger partial charge in [-0.2, -0.15) is 4.37 Å². The smallest absolute Gasteiger partial charge is 0.254 e. The monoisotopic (exact) mass is 406 g/mol. The minimum absolute atomic E-state index is 0. The van der Waals surface area contributed by atoms with Gasteiger partial charge in [-0.1, -0.05) is 26.2 Å². The van der Waals surface area contributed by atoms with Crippen LogP contribution in [0.25, 0.3) is 11.3 Å². The van der Waals surface area contributed by atoms with Gasteiger partial charge in [-0.15, -0.1) is 4.37 Å². The van der Waals surface area contributed by atoms with E-state index in [9.17, 15) is 0 Å². The zero-order valence-corrected chi connectivity index (χ0v) is 14.7. The maximum Gasteiger partial charge on any atom is 0.254 e. The lowest BCUT2D eigenvalue weighted by Crippen LogP contribution is -3.00. The van der Waals surface area contributed by atoms with Crippen LogP contribution >= 0.6 is 11.7 Å². The molecular formula is C14H20IN3OS. The summed E-state index contributed by atoms with van der Waals surface area (Å²) in [5, 5.41) is 0. The summed E-state index contributed by atoms with van der Waals surface area (Å²) in [5.74, 6) is 0.470. The molecule has 20 heavy (non-hydrogen) atoms. The van der Waals surface area contributed by atoms with Crippen LogP contribution in [0.15, 0.2) is 24.5 Å². The van der Waals surface area contributed by atoms with Crippen molar-refractivity contribution in [3.8, 4) is 17.1 Å². The molecule has 0 aliphatic heterocycles. The molecule has 2 rings (SSSR count). The van der Waals surface area contributed by atoms with Crippen LogP contribution in [0.2, 0.25) is 0 Å². The van der Waals surface area contributed by atoms with Gasteiger partial charge in [0.2, 0.25) is 0 Å². The number of pyridine rings is 1. The zero-order valence-electron chi connectivity index (χ0n) is 12.8. The third-order valence-electron chi connectivity index (χ3n) is 2.79. The lowest BCUT2D eigenvalue weighted by Gasteiger charge is -2.04. The van der Waals surface area contributed by atoms with Gasteiger partial charge in [-0.05, 0) is 12.5 Å². The molecule has 0 saturated heterocycles. The Morgan fingerprint density at radius 2 is 2.20 bits per heavy atom. The summed E-state index contributed by atoms with van der Waals surface area (Å²) in [7, 11) is 1.96. The maximum atomic E-state index is 7.94. The van der Waals surface area contributed by atoms with Crippen molar-refractivity contribution in [1.29, 1.82) is 0 Å². The van der Waals surface area contributed by atoms with Gasteiger partial charge in [0.25, 0.3) is 5.88 Å². The fourth-order valence-corrected chi connectivity index (χ4v) is 2.29. The summed E-state index contributed by atoms with van der Waals surface area (Å²) < 4.78 is 24.0. The molecule has 4 nitrogen and oxygen atoms in total. The van der Waals surface area contributed by atoms with Crippen LogP contribution in [0.3, 0.4) is 0 Å². The lowest BCUT2D eigenvalue weighted by molar-refractivity contribution is -0.671. The summed E-state index contributed by atoms with van der Waals surface area (Å²) in [6.07, 6.45) is 7.96. The normalized spacial score (nSPS) is 12.4. The van der Waals surface area contributed by atoms with Crippen LogP contribution in [0.1, 0.15) is 34.0 Å². The topological polar surface area (TPSA) is 38.9 Å². The minimum Gasteiger partial charge on any atom is -1.00 e. The summed E-state index contributed by atoms with van der Waals surface area (Å²) in [6, 6.07) is 3.93. The molecule has 0 bridgehead atoms. The Labute approximate surface area is 142 Å². The Morgan fingerprint density at radius 1 is 1.35 bits per heavy atom. The van der Waals surface area contributed by atoms with Gasteiger partial charge >= 0.3 is 0 Å². The molecule has 1 unspecified atom stereocenters. The first kappa shape index (κ1) is 15.6. The number of rotatable bonds is 7. The zero-order chi connectivity index (χ0) is 14.4. The van der Waals surface area contributed by atoms with Crippen LogP contribution < -0.4 is 33.3 Å². The molecule has 0 amide bonds. The molecule has 0 aliphatic rings. The number of hydrogen-bond acceptors (Lipinski definition) is 4. The first-order valence-electron chi connectivity index (χ1n) is 7.15. The second kappa shape index (κ2) is 9.23. The number of ether oxygens (including phenoxy) is 1. The molecule has 0 N–H and O–H groups in total. The largest absolute Gasteiger partial charge is 1.00 e. The maximum absolute atomic E-state index is 7.94. The molecule has 0 fully saturated rings. The van der Waals surface area contributed by atoms with Crippen molar-refractivity contribution in [3.05, 3.63) is 24.5 Å². The molecule has 2 aromatic heterocycles. The van der Waals surface area contributed by atoms with E-state index < -0.39 is 6.58 Å². The van der Waals surface area contributed by atoms with Crippen molar-refractivity contribution in [1.82, 2.24) is 8.75 Å². The van der Waals surface area contributed by atoms with E-state index in [1.54, 1.807) is 0 Å². The minimum atomic E-state index is -0.568. The second-order valence-electron chi connectivity index (χ2n) is 4.46. The highest BCUT2D eigenvalue weighted by Gasteiger charge is 2.14. The van der Waals surface area contributed by atoms with Gasteiger partial charge in [0.15, 0.2) is 18.1 Å². The Balaban J connectivity index is 0.00000220. The number of unbranched alkanes of at least 4 members (excludes halogenated alkanes) is 2. The first-order valence-corrected chi connectivity index (χ1v) is 7.31. The van der Waals surface area contributed by atoms with Gasteiger partial charge in [-0.25, -0.2) is 4.57 Å². The van der Waals surface area contributed by atoms with E-state index in [0.29, 0.717) is 5.88 Å². The molecule has 110 valence electrons. The summed E-state index contributed by atoms with van der Waals surface area (Å²) in [6.45, 7) is 1.58. The third kappa shape index (κ3) is 4.97. The fourth-order valence-electron chi connectivity index (χ4n) is 1.78. The predicted octanol–water partition coefficient (Wildman–Crippen LogP) is -0.00730. The number of halogens is 1. The van der Waals surface area contributed by atoms with E-state index in [0.717, 1.165) is 48.7 Å². The van der Waals surface area contributed by atoms with Gasteiger partial charge in [0.1, 0.15) is 7.05 Å². The summed E-state index contributed by atoms with van der Waals surface area (Å²) >= 11 is 1.12. The Bertz CT molecular complexity index is 553. The molecule has 0 aromatic carbocycles. The van der Waals surface area contributed by atoms with E-state index >= 15 is 0 Å². The quantitative estimate of drug-likeness (QED) is 0.369. The SMILES string of the molecule is [2H]C(CCCCC)Oc1nsnc1-c1ccc[n+](C)c1.[I-]. The highest BCUT2D eigenvalue weighted by atomic mass is 127. The van der Waals surface area contributed by atoms with Crippen molar-refractivity contribution in [2.45, 2.75) is 32.6 Å². The van der Waals surface area contributed by atoms with Crippen LogP contribution in [-0.2, 0) is 7.05 Å². The highest BCUT2D eigenvalue weighted by molar-refractivity contribution is 6.99. The van der Waals surface area contributed by atoms with Crippen molar-refractivity contribution < 1.29 is 34.7 Å². The second-order valence-corrected chi connectivity index (χ2v) is 4.98. The molecule has 2 aromatic rings.